The Bertz CT molecular complexity index is 600. The highest BCUT2D eigenvalue weighted by atomic mass is 16.2. The third-order valence-electron chi connectivity index (χ3n) is 3.89. The maximum absolute atomic E-state index is 12.4. The third kappa shape index (κ3) is 2.46. The van der Waals surface area contributed by atoms with Crippen molar-refractivity contribution in [3.8, 4) is 0 Å². The molecular weight excluding hydrogens is 236 g/mol. The van der Waals surface area contributed by atoms with E-state index in [0.717, 1.165) is 42.8 Å². The molecule has 1 fully saturated rings. The average Bonchev–Trinajstić information content (AvgIpc) is 2.47. The van der Waals surface area contributed by atoms with Crippen molar-refractivity contribution < 1.29 is 4.79 Å². The van der Waals surface area contributed by atoms with Crippen molar-refractivity contribution in [2.24, 2.45) is 5.92 Å². The Labute approximate surface area is 113 Å². The van der Waals surface area contributed by atoms with Crippen LogP contribution < -0.4 is 0 Å². The van der Waals surface area contributed by atoms with E-state index < -0.39 is 0 Å². The Morgan fingerprint density at radius 3 is 2.68 bits per heavy atom. The van der Waals surface area contributed by atoms with E-state index in [9.17, 15) is 4.79 Å². The van der Waals surface area contributed by atoms with Gasteiger partial charge in [0.2, 0.25) is 0 Å². The number of carbonyl (C=O) groups excluding carboxylic acids is 1. The van der Waals surface area contributed by atoms with Gasteiger partial charge in [-0.25, -0.2) is 4.98 Å². The highest BCUT2D eigenvalue weighted by Gasteiger charge is 2.22. The predicted molar refractivity (Wildman–Crippen MR) is 76.0 cm³/mol. The molecule has 1 aliphatic heterocycles. The van der Waals surface area contributed by atoms with Gasteiger partial charge in [0.1, 0.15) is 5.69 Å². The summed E-state index contributed by atoms with van der Waals surface area (Å²) in [4.78, 5) is 18.8. The zero-order chi connectivity index (χ0) is 13.2. The summed E-state index contributed by atoms with van der Waals surface area (Å²) in [6, 6.07) is 11.7. The largest absolute Gasteiger partial charge is 0.337 e. The molecule has 0 bridgehead atoms. The molecule has 1 saturated heterocycles. The van der Waals surface area contributed by atoms with E-state index in [4.69, 9.17) is 0 Å². The normalized spacial score (nSPS) is 16.8. The van der Waals surface area contributed by atoms with Crippen LogP contribution in [0.4, 0.5) is 0 Å². The molecule has 1 amide bonds. The summed E-state index contributed by atoms with van der Waals surface area (Å²) in [5.41, 5.74) is 1.45. The second kappa shape index (κ2) is 5.00. The summed E-state index contributed by atoms with van der Waals surface area (Å²) < 4.78 is 0. The first-order chi connectivity index (χ1) is 9.24. The molecule has 98 valence electrons. The fraction of sp³-hybridized carbons (Fsp3) is 0.375. The summed E-state index contributed by atoms with van der Waals surface area (Å²) in [5.74, 6) is 0.797. The SMILES string of the molecule is CC1CCN(C(=O)c2ccc3ccccc3n2)CC1. The van der Waals surface area contributed by atoms with Gasteiger partial charge in [0.05, 0.1) is 5.52 Å². The van der Waals surface area contributed by atoms with Crippen LogP contribution in [0.3, 0.4) is 0 Å². The number of pyridine rings is 1. The quantitative estimate of drug-likeness (QED) is 0.783. The Morgan fingerprint density at radius 2 is 1.89 bits per heavy atom. The Balaban J connectivity index is 1.85. The van der Waals surface area contributed by atoms with E-state index >= 15 is 0 Å². The molecule has 0 aliphatic carbocycles. The van der Waals surface area contributed by atoms with E-state index in [1.807, 2.05) is 41.3 Å². The summed E-state index contributed by atoms with van der Waals surface area (Å²) in [5, 5.41) is 1.08. The van der Waals surface area contributed by atoms with E-state index in [-0.39, 0.29) is 5.91 Å². The number of benzene rings is 1. The standard InChI is InChI=1S/C16H18N2O/c1-12-8-10-18(11-9-12)16(19)15-7-6-13-4-2-3-5-14(13)17-15/h2-7,12H,8-11H2,1H3. The van der Waals surface area contributed by atoms with Crippen molar-refractivity contribution in [2.45, 2.75) is 19.8 Å². The molecule has 2 heterocycles. The lowest BCUT2D eigenvalue weighted by Crippen LogP contribution is -2.38. The first-order valence-corrected chi connectivity index (χ1v) is 6.89. The lowest BCUT2D eigenvalue weighted by Gasteiger charge is -2.30. The van der Waals surface area contributed by atoms with Crippen molar-refractivity contribution >= 4 is 16.8 Å². The maximum Gasteiger partial charge on any atom is 0.272 e. The van der Waals surface area contributed by atoms with Crippen molar-refractivity contribution in [2.75, 3.05) is 13.1 Å². The van der Waals surface area contributed by atoms with Crippen molar-refractivity contribution in [1.29, 1.82) is 0 Å². The van der Waals surface area contributed by atoms with Crippen LogP contribution in [0.25, 0.3) is 10.9 Å². The molecule has 0 unspecified atom stereocenters. The summed E-state index contributed by atoms with van der Waals surface area (Å²) >= 11 is 0. The number of likely N-dealkylation sites (tertiary alicyclic amines) is 1. The number of fused-ring (bicyclic) bond motifs is 1. The van der Waals surface area contributed by atoms with Gasteiger partial charge in [-0.2, -0.15) is 0 Å². The van der Waals surface area contributed by atoms with Gasteiger partial charge < -0.3 is 4.90 Å². The maximum atomic E-state index is 12.4. The van der Waals surface area contributed by atoms with Crippen molar-refractivity contribution in [3.63, 3.8) is 0 Å². The number of aromatic nitrogens is 1. The van der Waals surface area contributed by atoms with Crippen LogP contribution in [0.1, 0.15) is 30.3 Å². The number of hydrogen-bond donors (Lipinski definition) is 0. The van der Waals surface area contributed by atoms with Gasteiger partial charge in [-0.05, 0) is 30.9 Å². The van der Waals surface area contributed by atoms with Crippen LogP contribution in [0.2, 0.25) is 0 Å². The van der Waals surface area contributed by atoms with Gasteiger partial charge in [-0.15, -0.1) is 0 Å². The smallest absolute Gasteiger partial charge is 0.272 e. The molecule has 3 nitrogen and oxygen atoms in total. The van der Waals surface area contributed by atoms with Crippen LogP contribution in [0, 0.1) is 5.92 Å². The second-order valence-corrected chi connectivity index (χ2v) is 5.36. The molecule has 3 heteroatoms. The molecule has 0 saturated carbocycles. The molecular formula is C16H18N2O. The summed E-state index contributed by atoms with van der Waals surface area (Å²) in [6.07, 6.45) is 2.19. The minimum atomic E-state index is 0.0673. The van der Waals surface area contributed by atoms with Crippen LogP contribution >= 0.6 is 0 Å². The zero-order valence-electron chi connectivity index (χ0n) is 11.2. The van der Waals surface area contributed by atoms with Gasteiger partial charge in [-0.1, -0.05) is 31.2 Å². The molecule has 2 aromatic rings. The third-order valence-corrected chi connectivity index (χ3v) is 3.89. The zero-order valence-corrected chi connectivity index (χ0v) is 11.2. The van der Waals surface area contributed by atoms with Crippen LogP contribution in [-0.4, -0.2) is 28.9 Å². The number of para-hydroxylation sites is 1. The minimum absolute atomic E-state index is 0.0673. The van der Waals surface area contributed by atoms with Gasteiger partial charge in [0, 0.05) is 18.5 Å². The monoisotopic (exact) mass is 254 g/mol. The topological polar surface area (TPSA) is 33.2 Å². The van der Waals surface area contributed by atoms with Gasteiger partial charge in [0.15, 0.2) is 0 Å². The highest BCUT2D eigenvalue weighted by molar-refractivity contribution is 5.94. The second-order valence-electron chi connectivity index (χ2n) is 5.36. The van der Waals surface area contributed by atoms with E-state index in [0.29, 0.717) is 5.69 Å². The number of hydrogen-bond acceptors (Lipinski definition) is 2. The van der Waals surface area contributed by atoms with Crippen LogP contribution in [0.15, 0.2) is 36.4 Å². The number of nitrogens with zero attached hydrogens (tertiary/aromatic N) is 2. The number of carbonyl (C=O) groups is 1. The molecule has 0 N–H and O–H groups in total. The lowest BCUT2D eigenvalue weighted by molar-refractivity contribution is 0.0691. The highest BCUT2D eigenvalue weighted by Crippen LogP contribution is 2.19. The summed E-state index contributed by atoms with van der Waals surface area (Å²) in [7, 11) is 0. The summed E-state index contributed by atoms with van der Waals surface area (Å²) in [6.45, 7) is 3.96. The molecule has 1 aliphatic rings. The first kappa shape index (κ1) is 12.2. The van der Waals surface area contributed by atoms with Gasteiger partial charge in [0.25, 0.3) is 5.91 Å². The molecule has 19 heavy (non-hydrogen) atoms. The van der Waals surface area contributed by atoms with Gasteiger partial charge in [-0.3, -0.25) is 4.79 Å². The van der Waals surface area contributed by atoms with E-state index in [1.54, 1.807) is 0 Å². The molecule has 0 spiro atoms. The number of piperidine rings is 1. The molecule has 0 atom stereocenters. The van der Waals surface area contributed by atoms with Crippen molar-refractivity contribution in [1.82, 2.24) is 9.88 Å². The molecule has 1 aromatic heterocycles. The minimum Gasteiger partial charge on any atom is -0.337 e. The lowest BCUT2D eigenvalue weighted by atomic mass is 9.99. The van der Waals surface area contributed by atoms with Crippen LogP contribution in [-0.2, 0) is 0 Å². The molecule has 0 radical (unpaired) electrons. The van der Waals surface area contributed by atoms with Gasteiger partial charge >= 0.3 is 0 Å². The average molecular weight is 254 g/mol. The Hall–Kier alpha value is -1.90. The number of rotatable bonds is 1. The predicted octanol–water partition coefficient (Wildman–Crippen LogP) is 3.11. The molecule has 1 aromatic carbocycles. The Kier molecular flexibility index (Phi) is 3.20. The molecule has 3 rings (SSSR count). The van der Waals surface area contributed by atoms with E-state index in [2.05, 4.69) is 11.9 Å². The fourth-order valence-electron chi connectivity index (χ4n) is 2.56. The number of amides is 1. The van der Waals surface area contributed by atoms with Crippen molar-refractivity contribution in [3.05, 3.63) is 42.1 Å². The first-order valence-electron chi connectivity index (χ1n) is 6.89. The Morgan fingerprint density at radius 1 is 1.16 bits per heavy atom. The van der Waals surface area contributed by atoms with Crippen LogP contribution in [0.5, 0.6) is 0 Å². The fourth-order valence-corrected chi connectivity index (χ4v) is 2.56. The van der Waals surface area contributed by atoms with E-state index in [1.165, 1.54) is 0 Å².